The molecule has 0 saturated heterocycles. The Hall–Kier alpha value is -2.86. The highest BCUT2D eigenvalue weighted by molar-refractivity contribution is 7.95. The molecule has 0 aliphatic rings. The summed E-state index contributed by atoms with van der Waals surface area (Å²) < 4.78 is 27.5. The van der Waals surface area contributed by atoms with Gasteiger partial charge in [-0.1, -0.05) is 84.9 Å². The molecule has 0 bridgehead atoms. The first-order valence-electron chi connectivity index (χ1n) is 9.83. The SMILES string of the molecule is O=S(=O)(O)O[O-].c1ccc(C[P+](c2ccccc2)(c2ccccc2)c2ccccc2)cc1. The van der Waals surface area contributed by atoms with Crippen LogP contribution in [0.2, 0.25) is 0 Å². The average Bonchev–Trinajstić information content (AvgIpc) is 2.85. The van der Waals surface area contributed by atoms with Crippen LogP contribution in [-0.4, -0.2) is 13.0 Å². The van der Waals surface area contributed by atoms with Gasteiger partial charge in [0, 0.05) is 0 Å². The fourth-order valence-corrected chi connectivity index (χ4v) is 7.87. The molecule has 1 N–H and O–H groups in total. The Labute approximate surface area is 189 Å². The van der Waals surface area contributed by atoms with Crippen LogP contribution in [0, 0.1) is 0 Å². The van der Waals surface area contributed by atoms with E-state index in [0.29, 0.717) is 0 Å². The van der Waals surface area contributed by atoms with Crippen LogP contribution in [0.4, 0.5) is 0 Å². The smallest absolute Gasteiger partial charge is 0.388 e. The van der Waals surface area contributed by atoms with Crippen molar-refractivity contribution in [2.75, 3.05) is 0 Å². The molecule has 32 heavy (non-hydrogen) atoms. The summed E-state index contributed by atoms with van der Waals surface area (Å²) in [5.41, 5.74) is 1.39. The lowest BCUT2D eigenvalue weighted by molar-refractivity contribution is -0.637. The molecule has 0 unspecified atom stereocenters. The van der Waals surface area contributed by atoms with Gasteiger partial charge in [0.1, 0.15) is 23.2 Å². The van der Waals surface area contributed by atoms with E-state index in [0.717, 1.165) is 6.16 Å². The van der Waals surface area contributed by atoms with Crippen LogP contribution in [-0.2, 0) is 20.9 Å². The third-order valence-electron chi connectivity index (χ3n) is 4.94. The van der Waals surface area contributed by atoms with E-state index in [1.807, 2.05) is 0 Å². The van der Waals surface area contributed by atoms with Crippen molar-refractivity contribution in [3.8, 4) is 0 Å². The highest BCUT2D eigenvalue weighted by Crippen LogP contribution is 2.58. The summed E-state index contributed by atoms with van der Waals surface area (Å²) in [5, 5.41) is 12.9. The molecular weight excluding hydrogens is 443 g/mol. The van der Waals surface area contributed by atoms with Crippen molar-refractivity contribution in [2.24, 2.45) is 0 Å². The molecule has 5 nitrogen and oxygen atoms in total. The van der Waals surface area contributed by atoms with E-state index < -0.39 is 17.7 Å². The summed E-state index contributed by atoms with van der Waals surface area (Å²) in [5.74, 6) is 0. The third-order valence-corrected chi connectivity index (χ3v) is 9.49. The molecule has 0 saturated carbocycles. The number of rotatable bonds is 6. The summed E-state index contributed by atoms with van der Waals surface area (Å²) in [6.45, 7) is 0. The van der Waals surface area contributed by atoms with Crippen LogP contribution in [0.1, 0.15) is 5.56 Å². The summed E-state index contributed by atoms with van der Waals surface area (Å²) >= 11 is 0. The molecule has 0 aliphatic heterocycles. The predicted octanol–water partition coefficient (Wildman–Crippen LogP) is 3.26. The van der Waals surface area contributed by atoms with E-state index in [9.17, 15) is 0 Å². The van der Waals surface area contributed by atoms with Gasteiger partial charge in [0.25, 0.3) is 0 Å². The minimum absolute atomic E-state index is 1.03. The Bertz CT molecular complexity index is 1090. The first-order chi connectivity index (χ1) is 15.5. The second-order valence-corrected chi connectivity index (χ2v) is 11.4. The Kier molecular flexibility index (Phi) is 8.28. The molecule has 0 aliphatic carbocycles. The maximum atomic E-state index is 9.02. The van der Waals surface area contributed by atoms with Crippen molar-refractivity contribution < 1.29 is 22.6 Å². The molecule has 164 valence electrons. The molecule has 0 fully saturated rings. The minimum atomic E-state index is -4.72. The molecule has 0 radical (unpaired) electrons. The average molecular weight is 466 g/mol. The standard InChI is InChI=1S/C25H22P.H2O5S/c1-5-13-22(14-6-1)21-26(23-15-7-2-8-16-23,24-17-9-3-10-18-24)25-19-11-4-12-20-25;1-5-6(2,3)4/h1-20H,21H2;1H,(H,2,3,4)/q+1;/p-1. The fraction of sp³-hybridized carbons (Fsp3) is 0.0400. The van der Waals surface area contributed by atoms with Crippen LogP contribution in [0.3, 0.4) is 0 Å². The van der Waals surface area contributed by atoms with Gasteiger partial charge in [-0.15, -0.1) is 0 Å². The number of hydrogen-bond acceptors (Lipinski definition) is 4. The third kappa shape index (κ3) is 6.10. The van der Waals surface area contributed by atoms with Crippen molar-refractivity contribution in [3.63, 3.8) is 0 Å². The van der Waals surface area contributed by atoms with Gasteiger partial charge < -0.3 is 9.59 Å². The summed E-state index contributed by atoms with van der Waals surface area (Å²) in [6.07, 6.45) is 1.03. The van der Waals surface area contributed by atoms with Crippen molar-refractivity contribution in [2.45, 2.75) is 6.16 Å². The number of hydrogen-bond donors (Lipinski definition) is 1. The van der Waals surface area contributed by atoms with Crippen LogP contribution in [0.15, 0.2) is 121 Å². The van der Waals surface area contributed by atoms with E-state index in [1.165, 1.54) is 21.5 Å². The van der Waals surface area contributed by atoms with Gasteiger partial charge >= 0.3 is 10.4 Å². The highest BCUT2D eigenvalue weighted by atomic mass is 32.3. The second kappa shape index (κ2) is 11.1. The van der Waals surface area contributed by atoms with Gasteiger partial charge in [-0.25, -0.2) is 0 Å². The van der Waals surface area contributed by atoms with E-state index in [2.05, 4.69) is 126 Å². The summed E-state index contributed by atoms with van der Waals surface area (Å²) in [7, 11) is -6.49. The molecule has 7 heteroatoms. The Balaban J connectivity index is 0.000000427. The molecule has 0 atom stereocenters. The Morgan fingerprint density at radius 2 is 0.906 bits per heavy atom. The van der Waals surface area contributed by atoms with E-state index in [4.69, 9.17) is 18.2 Å². The van der Waals surface area contributed by atoms with Gasteiger partial charge in [0.15, 0.2) is 0 Å². The molecule has 0 aromatic heterocycles. The van der Waals surface area contributed by atoms with Gasteiger partial charge in [0.05, 0.1) is 6.16 Å². The van der Waals surface area contributed by atoms with Crippen molar-refractivity contribution in [1.29, 1.82) is 0 Å². The zero-order valence-electron chi connectivity index (χ0n) is 17.2. The molecule has 0 amide bonds. The fourth-order valence-electron chi connectivity index (χ4n) is 3.63. The lowest BCUT2D eigenvalue weighted by atomic mass is 10.2. The van der Waals surface area contributed by atoms with E-state index >= 15 is 0 Å². The maximum absolute atomic E-state index is 9.02. The Morgan fingerprint density at radius 1 is 0.625 bits per heavy atom. The quantitative estimate of drug-likeness (QED) is 0.204. The molecule has 4 aromatic carbocycles. The van der Waals surface area contributed by atoms with Crippen molar-refractivity contribution >= 4 is 33.6 Å². The highest BCUT2D eigenvalue weighted by Gasteiger charge is 2.45. The van der Waals surface area contributed by atoms with E-state index in [-0.39, 0.29) is 0 Å². The lowest BCUT2D eigenvalue weighted by Gasteiger charge is -2.27. The van der Waals surface area contributed by atoms with Crippen molar-refractivity contribution in [1.82, 2.24) is 0 Å². The lowest BCUT2D eigenvalue weighted by Crippen LogP contribution is -2.32. The first kappa shape index (κ1) is 23.8. The predicted molar refractivity (Wildman–Crippen MR) is 128 cm³/mol. The zero-order valence-corrected chi connectivity index (χ0v) is 18.9. The van der Waals surface area contributed by atoms with Crippen LogP contribution in [0.5, 0.6) is 0 Å². The topological polar surface area (TPSA) is 86.7 Å². The number of benzene rings is 4. The molecular formula is C25H23O5PS. The maximum Gasteiger partial charge on any atom is 0.388 e. The van der Waals surface area contributed by atoms with Crippen LogP contribution >= 0.6 is 7.26 Å². The van der Waals surface area contributed by atoms with Gasteiger partial charge in [-0.3, -0.25) is 4.55 Å². The van der Waals surface area contributed by atoms with E-state index in [1.54, 1.807) is 0 Å². The van der Waals surface area contributed by atoms with Gasteiger partial charge in [-0.2, -0.15) is 8.42 Å². The largest absolute Gasteiger partial charge is 0.705 e. The Morgan fingerprint density at radius 3 is 1.19 bits per heavy atom. The zero-order chi connectivity index (χ0) is 22.9. The van der Waals surface area contributed by atoms with Crippen molar-refractivity contribution in [3.05, 3.63) is 127 Å². The van der Waals surface area contributed by atoms with Gasteiger partial charge in [0.2, 0.25) is 0 Å². The summed E-state index contributed by atoms with van der Waals surface area (Å²) in [4.78, 5) is 0. The first-order valence-corrected chi connectivity index (χ1v) is 13.2. The normalized spacial score (nSPS) is 11.3. The second-order valence-electron chi connectivity index (χ2n) is 6.96. The molecule has 0 spiro atoms. The van der Waals surface area contributed by atoms with Crippen LogP contribution in [0.25, 0.3) is 0 Å². The molecule has 4 rings (SSSR count). The van der Waals surface area contributed by atoms with Gasteiger partial charge in [-0.05, 0) is 42.0 Å². The monoisotopic (exact) mass is 466 g/mol. The minimum Gasteiger partial charge on any atom is -0.705 e. The van der Waals surface area contributed by atoms with Crippen LogP contribution < -0.4 is 21.2 Å². The molecule has 4 aromatic rings. The molecule has 0 heterocycles. The summed E-state index contributed by atoms with van der Waals surface area (Å²) in [6, 6.07) is 44.0.